The smallest absolute Gasteiger partial charge is 0.123 e. The van der Waals surface area contributed by atoms with Gasteiger partial charge in [-0.2, -0.15) is 0 Å². The number of hydrogen-bond donors (Lipinski definition) is 1. The van der Waals surface area contributed by atoms with Crippen molar-refractivity contribution in [1.29, 1.82) is 0 Å². The Labute approximate surface area is 110 Å². The van der Waals surface area contributed by atoms with Crippen molar-refractivity contribution in [2.75, 3.05) is 18.5 Å². The molecule has 102 valence electrons. The van der Waals surface area contributed by atoms with Crippen LogP contribution in [0.3, 0.4) is 0 Å². The van der Waals surface area contributed by atoms with Gasteiger partial charge in [0, 0.05) is 25.3 Å². The topological polar surface area (TPSA) is 29.3 Å². The molecule has 0 aliphatic rings. The number of nitrogens with two attached hydrogens (primary N) is 1. The van der Waals surface area contributed by atoms with Gasteiger partial charge in [0.2, 0.25) is 0 Å². The number of rotatable bonds is 6. The van der Waals surface area contributed by atoms with Crippen LogP contribution in [-0.4, -0.2) is 19.6 Å². The number of nitrogens with zero attached hydrogens (tertiary/aromatic N) is 1. The van der Waals surface area contributed by atoms with E-state index in [1.165, 1.54) is 6.07 Å². The summed E-state index contributed by atoms with van der Waals surface area (Å²) in [6.07, 6.45) is 1.63. The van der Waals surface area contributed by atoms with Gasteiger partial charge in [0.15, 0.2) is 0 Å². The predicted molar refractivity (Wildman–Crippen MR) is 76.5 cm³/mol. The van der Waals surface area contributed by atoms with Crippen LogP contribution in [0.1, 0.15) is 32.8 Å². The summed E-state index contributed by atoms with van der Waals surface area (Å²) in [5.74, 6) is 0.391. The Balaban J connectivity index is 2.95. The first kappa shape index (κ1) is 15.0. The van der Waals surface area contributed by atoms with Gasteiger partial charge in [-0.15, -0.1) is 0 Å². The standard InChI is InChI=1S/C15H25FN2/c1-5-14(17)9-12-8-13(16)6-7-15(12)18(4)10-11(2)3/h6-8,11,14H,5,9-10,17H2,1-4H3. The summed E-state index contributed by atoms with van der Waals surface area (Å²) in [6.45, 7) is 7.37. The zero-order valence-corrected chi connectivity index (χ0v) is 11.9. The quantitative estimate of drug-likeness (QED) is 0.842. The normalized spacial score (nSPS) is 12.8. The average Bonchev–Trinajstić information content (AvgIpc) is 2.27. The molecule has 2 nitrogen and oxygen atoms in total. The molecule has 0 aromatic heterocycles. The minimum atomic E-state index is -0.185. The Morgan fingerprint density at radius 3 is 2.56 bits per heavy atom. The van der Waals surface area contributed by atoms with E-state index in [-0.39, 0.29) is 11.9 Å². The van der Waals surface area contributed by atoms with E-state index in [0.717, 1.165) is 30.6 Å². The van der Waals surface area contributed by atoms with E-state index in [9.17, 15) is 4.39 Å². The van der Waals surface area contributed by atoms with Gasteiger partial charge in [-0.05, 0) is 42.5 Å². The summed E-state index contributed by atoms with van der Waals surface area (Å²) >= 11 is 0. The third-order valence-corrected chi connectivity index (χ3v) is 3.10. The minimum Gasteiger partial charge on any atom is -0.374 e. The van der Waals surface area contributed by atoms with Crippen LogP contribution in [0.5, 0.6) is 0 Å². The fraction of sp³-hybridized carbons (Fsp3) is 0.600. The number of halogens is 1. The van der Waals surface area contributed by atoms with Crippen molar-refractivity contribution in [2.45, 2.75) is 39.7 Å². The van der Waals surface area contributed by atoms with Crippen LogP contribution in [0.2, 0.25) is 0 Å². The third-order valence-electron chi connectivity index (χ3n) is 3.10. The molecular formula is C15H25FN2. The highest BCUT2D eigenvalue weighted by Crippen LogP contribution is 2.23. The highest BCUT2D eigenvalue weighted by atomic mass is 19.1. The molecule has 0 heterocycles. The Hall–Kier alpha value is -1.09. The molecule has 1 aromatic carbocycles. The lowest BCUT2D eigenvalue weighted by Crippen LogP contribution is -2.26. The van der Waals surface area contributed by atoms with Crippen LogP contribution in [0.25, 0.3) is 0 Å². The average molecular weight is 252 g/mol. The number of benzene rings is 1. The molecule has 0 amide bonds. The van der Waals surface area contributed by atoms with Crippen LogP contribution in [-0.2, 0) is 6.42 Å². The SMILES string of the molecule is CCC(N)Cc1cc(F)ccc1N(C)CC(C)C. The Morgan fingerprint density at radius 1 is 1.33 bits per heavy atom. The maximum Gasteiger partial charge on any atom is 0.123 e. The van der Waals surface area contributed by atoms with E-state index in [1.807, 2.05) is 13.1 Å². The second-order valence-corrected chi connectivity index (χ2v) is 5.42. The molecule has 1 aromatic rings. The summed E-state index contributed by atoms with van der Waals surface area (Å²) in [7, 11) is 2.05. The largest absolute Gasteiger partial charge is 0.374 e. The van der Waals surface area contributed by atoms with E-state index in [0.29, 0.717) is 5.92 Å². The van der Waals surface area contributed by atoms with Crippen molar-refractivity contribution in [1.82, 2.24) is 0 Å². The van der Waals surface area contributed by atoms with Gasteiger partial charge in [0.25, 0.3) is 0 Å². The maximum absolute atomic E-state index is 13.4. The van der Waals surface area contributed by atoms with Crippen molar-refractivity contribution in [3.63, 3.8) is 0 Å². The van der Waals surface area contributed by atoms with Gasteiger partial charge in [-0.25, -0.2) is 4.39 Å². The van der Waals surface area contributed by atoms with Crippen LogP contribution in [0, 0.1) is 11.7 Å². The van der Waals surface area contributed by atoms with E-state index in [2.05, 4.69) is 25.7 Å². The molecule has 0 radical (unpaired) electrons. The number of anilines is 1. The molecule has 0 fully saturated rings. The van der Waals surface area contributed by atoms with Crippen LogP contribution in [0.15, 0.2) is 18.2 Å². The summed E-state index contributed by atoms with van der Waals surface area (Å²) in [6, 6.07) is 5.09. The van der Waals surface area contributed by atoms with Gasteiger partial charge in [-0.3, -0.25) is 0 Å². The summed E-state index contributed by atoms with van der Waals surface area (Å²) < 4.78 is 13.4. The molecule has 0 spiro atoms. The third kappa shape index (κ3) is 4.30. The first-order valence-corrected chi connectivity index (χ1v) is 6.69. The molecule has 0 aliphatic carbocycles. The van der Waals surface area contributed by atoms with Gasteiger partial charge < -0.3 is 10.6 Å². The van der Waals surface area contributed by atoms with E-state index in [4.69, 9.17) is 5.73 Å². The van der Waals surface area contributed by atoms with Gasteiger partial charge in [-0.1, -0.05) is 20.8 Å². The predicted octanol–water partition coefficient (Wildman–Crippen LogP) is 3.20. The Bertz CT molecular complexity index is 377. The second-order valence-electron chi connectivity index (χ2n) is 5.42. The summed E-state index contributed by atoms with van der Waals surface area (Å²) in [4.78, 5) is 2.18. The molecule has 0 aliphatic heterocycles. The van der Waals surface area contributed by atoms with E-state index >= 15 is 0 Å². The molecule has 1 rings (SSSR count). The fourth-order valence-electron chi connectivity index (χ4n) is 2.16. The lowest BCUT2D eigenvalue weighted by molar-refractivity contribution is 0.608. The molecule has 1 unspecified atom stereocenters. The monoisotopic (exact) mass is 252 g/mol. The molecule has 0 bridgehead atoms. The molecule has 18 heavy (non-hydrogen) atoms. The molecule has 0 saturated heterocycles. The van der Waals surface area contributed by atoms with Crippen LogP contribution in [0.4, 0.5) is 10.1 Å². The highest BCUT2D eigenvalue weighted by Gasteiger charge is 2.12. The van der Waals surface area contributed by atoms with Crippen molar-refractivity contribution < 1.29 is 4.39 Å². The zero-order chi connectivity index (χ0) is 13.7. The zero-order valence-electron chi connectivity index (χ0n) is 11.9. The maximum atomic E-state index is 13.4. The summed E-state index contributed by atoms with van der Waals surface area (Å²) in [5.41, 5.74) is 8.08. The Kier molecular flexibility index (Phi) is 5.60. The summed E-state index contributed by atoms with van der Waals surface area (Å²) in [5, 5.41) is 0. The van der Waals surface area contributed by atoms with E-state index in [1.54, 1.807) is 6.07 Å². The molecule has 0 saturated carbocycles. The Morgan fingerprint density at radius 2 is 2.00 bits per heavy atom. The van der Waals surface area contributed by atoms with Gasteiger partial charge in [0.05, 0.1) is 0 Å². The molecular weight excluding hydrogens is 227 g/mol. The van der Waals surface area contributed by atoms with Crippen molar-refractivity contribution >= 4 is 5.69 Å². The highest BCUT2D eigenvalue weighted by molar-refractivity contribution is 5.53. The lowest BCUT2D eigenvalue weighted by atomic mass is 10.0. The fourth-order valence-corrected chi connectivity index (χ4v) is 2.16. The van der Waals surface area contributed by atoms with E-state index < -0.39 is 0 Å². The van der Waals surface area contributed by atoms with Crippen LogP contribution >= 0.6 is 0 Å². The molecule has 3 heteroatoms. The van der Waals surface area contributed by atoms with Gasteiger partial charge >= 0.3 is 0 Å². The first-order valence-electron chi connectivity index (χ1n) is 6.69. The van der Waals surface area contributed by atoms with Crippen LogP contribution < -0.4 is 10.6 Å². The van der Waals surface area contributed by atoms with Gasteiger partial charge in [0.1, 0.15) is 5.82 Å². The first-order chi connectivity index (χ1) is 8.43. The lowest BCUT2D eigenvalue weighted by Gasteiger charge is -2.25. The van der Waals surface area contributed by atoms with Crippen molar-refractivity contribution in [3.05, 3.63) is 29.6 Å². The van der Waals surface area contributed by atoms with Crippen molar-refractivity contribution in [2.24, 2.45) is 11.7 Å². The van der Waals surface area contributed by atoms with Crippen molar-refractivity contribution in [3.8, 4) is 0 Å². The minimum absolute atomic E-state index is 0.0954. The second kappa shape index (κ2) is 6.74. The number of hydrogen-bond acceptors (Lipinski definition) is 2. The molecule has 1 atom stereocenters. The molecule has 2 N–H and O–H groups in total.